The van der Waals surface area contributed by atoms with Crippen molar-refractivity contribution < 1.29 is 19.1 Å². The van der Waals surface area contributed by atoms with Crippen molar-refractivity contribution in [3.8, 4) is 0 Å². The second-order valence-electron chi connectivity index (χ2n) is 6.82. The van der Waals surface area contributed by atoms with Crippen LogP contribution in [0.4, 0.5) is 4.39 Å². The SMILES string of the molecule is Cc1cccc(C(=O)O)c1C1CNC1N1C(=O)CSC1c1ccc(F)cc1. The number of carbonyl (C=O) groups excluding carboxylic acids is 1. The molecule has 2 aromatic carbocycles. The molecule has 2 aliphatic rings. The lowest BCUT2D eigenvalue weighted by molar-refractivity contribution is -0.133. The molecule has 2 N–H and O–H groups in total. The number of rotatable bonds is 4. The Hall–Kier alpha value is -2.38. The molecule has 3 atom stereocenters. The molecule has 3 unspecified atom stereocenters. The molecular weight excluding hydrogens is 367 g/mol. The van der Waals surface area contributed by atoms with Gasteiger partial charge in [-0.3, -0.25) is 10.1 Å². The maximum Gasteiger partial charge on any atom is 0.335 e. The van der Waals surface area contributed by atoms with E-state index in [1.165, 1.54) is 23.9 Å². The number of benzene rings is 2. The summed E-state index contributed by atoms with van der Waals surface area (Å²) in [5.41, 5.74) is 2.83. The number of thioether (sulfide) groups is 1. The maximum absolute atomic E-state index is 13.3. The van der Waals surface area contributed by atoms with E-state index in [0.29, 0.717) is 12.3 Å². The zero-order chi connectivity index (χ0) is 19.1. The van der Waals surface area contributed by atoms with Crippen LogP contribution in [0.5, 0.6) is 0 Å². The fourth-order valence-electron chi connectivity index (χ4n) is 3.87. The first-order valence-electron chi connectivity index (χ1n) is 8.72. The van der Waals surface area contributed by atoms with E-state index in [0.717, 1.165) is 16.7 Å². The lowest BCUT2D eigenvalue weighted by atomic mass is 9.82. The van der Waals surface area contributed by atoms with Gasteiger partial charge in [-0.25, -0.2) is 9.18 Å². The van der Waals surface area contributed by atoms with E-state index in [-0.39, 0.29) is 34.7 Å². The molecule has 2 heterocycles. The molecule has 27 heavy (non-hydrogen) atoms. The first kappa shape index (κ1) is 18.0. The van der Waals surface area contributed by atoms with Gasteiger partial charge >= 0.3 is 5.97 Å². The minimum Gasteiger partial charge on any atom is -0.478 e. The summed E-state index contributed by atoms with van der Waals surface area (Å²) in [7, 11) is 0. The zero-order valence-corrected chi connectivity index (χ0v) is 15.5. The van der Waals surface area contributed by atoms with Crippen LogP contribution in [0.3, 0.4) is 0 Å². The highest BCUT2D eigenvalue weighted by Crippen LogP contribution is 2.44. The molecule has 0 spiro atoms. The Balaban J connectivity index is 1.68. The number of aryl methyl sites for hydroxylation is 1. The quantitative estimate of drug-likeness (QED) is 0.845. The highest BCUT2D eigenvalue weighted by Gasteiger charge is 2.46. The van der Waals surface area contributed by atoms with Crippen molar-refractivity contribution >= 4 is 23.6 Å². The van der Waals surface area contributed by atoms with Crippen LogP contribution in [0, 0.1) is 12.7 Å². The monoisotopic (exact) mass is 386 g/mol. The van der Waals surface area contributed by atoms with Crippen LogP contribution in [0.2, 0.25) is 0 Å². The summed E-state index contributed by atoms with van der Waals surface area (Å²) in [6.45, 7) is 2.51. The van der Waals surface area contributed by atoms with Crippen molar-refractivity contribution in [2.75, 3.05) is 12.3 Å². The van der Waals surface area contributed by atoms with Crippen molar-refractivity contribution in [3.05, 3.63) is 70.5 Å². The molecule has 2 fully saturated rings. The first-order valence-corrected chi connectivity index (χ1v) is 9.76. The molecule has 0 saturated carbocycles. The number of halogens is 1. The molecule has 0 radical (unpaired) electrons. The molecule has 140 valence electrons. The smallest absolute Gasteiger partial charge is 0.335 e. The maximum atomic E-state index is 13.3. The second-order valence-corrected chi connectivity index (χ2v) is 7.89. The molecule has 7 heteroatoms. The molecule has 2 aromatic rings. The summed E-state index contributed by atoms with van der Waals surface area (Å²) in [6.07, 6.45) is -0.276. The van der Waals surface area contributed by atoms with Gasteiger partial charge in [0.1, 0.15) is 11.2 Å². The lowest BCUT2D eigenvalue weighted by Gasteiger charge is -2.46. The number of aromatic carboxylic acids is 1. The normalized spacial score (nSPS) is 24.7. The standard InChI is InChI=1S/C20H19FN2O3S/c1-11-3-2-4-14(20(25)26)17(11)15-9-22-18(15)23-16(24)10-27-19(23)12-5-7-13(21)8-6-12/h2-8,15,18-19,22H,9-10H2,1H3,(H,25,26). The Bertz CT molecular complexity index is 903. The van der Waals surface area contributed by atoms with Crippen LogP contribution in [-0.4, -0.2) is 40.3 Å². The predicted octanol–water partition coefficient (Wildman–Crippen LogP) is 3.12. The second kappa shape index (κ2) is 6.98. The molecule has 0 aromatic heterocycles. The van der Waals surface area contributed by atoms with Gasteiger partial charge in [-0.2, -0.15) is 0 Å². The third kappa shape index (κ3) is 3.11. The highest BCUT2D eigenvalue weighted by atomic mass is 32.2. The van der Waals surface area contributed by atoms with Gasteiger partial charge in [0.05, 0.1) is 17.5 Å². The summed E-state index contributed by atoms with van der Waals surface area (Å²) in [6, 6.07) is 11.4. The fourth-order valence-corrected chi connectivity index (χ4v) is 5.08. The molecule has 4 rings (SSSR count). The Morgan fingerprint density at radius 3 is 2.63 bits per heavy atom. The Morgan fingerprint density at radius 2 is 2.00 bits per heavy atom. The fraction of sp³-hybridized carbons (Fsp3) is 0.300. The van der Waals surface area contributed by atoms with E-state index in [2.05, 4.69) is 5.32 Å². The van der Waals surface area contributed by atoms with E-state index in [9.17, 15) is 19.1 Å². The molecular formula is C20H19FN2O3S. The zero-order valence-electron chi connectivity index (χ0n) is 14.7. The highest BCUT2D eigenvalue weighted by molar-refractivity contribution is 8.00. The summed E-state index contributed by atoms with van der Waals surface area (Å²) < 4.78 is 13.3. The predicted molar refractivity (Wildman–Crippen MR) is 101 cm³/mol. The minimum absolute atomic E-state index is 0.00184. The summed E-state index contributed by atoms with van der Waals surface area (Å²) in [4.78, 5) is 26.1. The Labute approximate surface area is 160 Å². The van der Waals surface area contributed by atoms with Gasteiger partial charge in [-0.15, -0.1) is 11.8 Å². The number of carbonyl (C=O) groups is 2. The molecule has 2 saturated heterocycles. The van der Waals surface area contributed by atoms with Gasteiger partial charge in [0.15, 0.2) is 0 Å². The average Bonchev–Trinajstić information content (AvgIpc) is 2.97. The van der Waals surface area contributed by atoms with Gasteiger partial charge in [0, 0.05) is 12.5 Å². The molecule has 2 aliphatic heterocycles. The summed E-state index contributed by atoms with van der Waals surface area (Å²) in [5.74, 6) is -1.02. The third-order valence-corrected chi connectivity index (χ3v) is 6.44. The molecule has 0 bridgehead atoms. The topological polar surface area (TPSA) is 69.6 Å². The number of nitrogens with one attached hydrogen (secondary N) is 1. The van der Waals surface area contributed by atoms with E-state index < -0.39 is 5.97 Å². The molecule has 0 aliphatic carbocycles. The number of carboxylic acids is 1. The lowest BCUT2D eigenvalue weighted by Crippen LogP contribution is -2.61. The van der Waals surface area contributed by atoms with Crippen molar-refractivity contribution in [2.24, 2.45) is 0 Å². The molecule has 5 nitrogen and oxygen atoms in total. The number of carboxylic acid groups (broad SMARTS) is 1. The van der Waals surface area contributed by atoms with Gasteiger partial charge in [-0.1, -0.05) is 24.3 Å². The van der Waals surface area contributed by atoms with Crippen LogP contribution in [-0.2, 0) is 4.79 Å². The average molecular weight is 386 g/mol. The van der Waals surface area contributed by atoms with Crippen molar-refractivity contribution in [2.45, 2.75) is 24.4 Å². The largest absolute Gasteiger partial charge is 0.478 e. The van der Waals surface area contributed by atoms with Crippen molar-refractivity contribution in [1.29, 1.82) is 0 Å². The van der Waals surface area contributed by atoms with Gasteiger partial charge in [0.25, 0.3) is 0 Å². The summed E-state index contributed by atoms with van der Waals surface area (Å²) >= 11 is 1.50. The van der Waals surface area contributed by atoms with E-state index >= 15 is 0 Å². The molecule has 1 amide bonds. The van der Waals surface area contributed by atoms with Crippen molar-refractivity contribution in [1.82, 2.24) is 10.2 Å². The van der Waals surface area contributed by atoms with Crippen LogP contribution < -0.4 is 5.32 Å². The van der Waals surface area contributed by atoms with Gasteiger partial charge < -0.3 is 10.0 Å². The number of hydrogen-bond donors (Lipinski definition) is 2. The number of amides is 1. The number of nitrogens with zero attached hydrogens (tertiary/aromatic N) is 1. The van der Waals surface area contributed by atoms with E-state index in [1.54, 1.807) is 29.2 Å². The van der Waals surface area contributed by atoms with Crippen LogP contribution >= 0.6 is 11.8 Å². The number of hydrogen-bond acceptors (Lipinski definition) is 4. The van der Waals surface area contributed by atoms with Crippen LogP contribution in [0.1, 0.15) is 38.3 Å². The first-order chi connectivity index (χ1) is 13.0. The van der Waals surface area contributed by atoms with E-state index in [1.807, 2.05) is 13.0 Å². The summed E-state index contributed by atoms with van der Waals surface area (Å²) in [5, 5.41) is 12.7. The van der Waals surface area contributed by atoms with Crippen LogP contribution in [0.15, 0.2) is 42.5 Å². The Morgan fingerprint density at radius 1 is 1.26 bits per heavy atom. The Kier molecular flexibility index (Phi) is 4.65. The van der Waals surface area contributed by atoms with Crippen molar-refractivity contribution in [3.63, 3.8) is 0 Å². The van der Waals surface area contributed by atoms with Gasteiger partial charge in [0.2, 0.25) is 5.91 Å². The third-order valence-electron chi connectivity index (χ3n) is 5.21. The van der Waals surface area contributed by atoms with Gasteiger partial charge in [-0.05, 0) is 41.8 Å². The van der Waals surface area contributed by atoms with Crippen LogP contribution in [0.25, 0.3) is 0 Å². The van der Waals surface area contributed by atoms with E-state index in [4.69, 9.17) is 0 Å². The minimum atomic E-state index is -0.962.